The number of hydrogen-bond donors (Lipinski definition) is 2. The number of hydrogen-bond acceptors (Lipinski definition) is 6. The van der Waals surface area contributed by atoms with Crippen molar-refractivity contribution in [3.63, 3.8) is 0 Å². The van der Waals surface area contributed by atoms with Crippen LogP contribution in [0.25, 0.3) is 11.3 Å². The van der Waals surface area contributed by atoms with E-state index in [9.17, 15) is 0 Å². The van der Waals surface area contributed by atoms with E-state index in [4.69, 9.17) is 5.73 Å². The third kappa shape index (κ3) is 3.60. The van der Waals surface area contributed by atoms with Gasteiger partial charge in [-0.15, -0.1) is 0 Å². The van der Waals surface area contributed by atoms with Gasteiger partial charge in [0.1, 0.15) is 5.82 Å². The van der Waals surface area contributed by atoms with Crippen LogP contribution in [0.4, 0.5) is 17.5 Å². The zero-order chi connectivity index (χ0) is 16.2. The molecule has 0 saturated heterocycles. The number of rotatable bonds is 4. The van der Waals surface area contributed by atoms with Crippen LogP contribution >= 0.6 is 0 Å². The van der Waals surface area contributed by atoms with Crippen molar-refractivity contribution in [1.82, 2.24) is 19.9 Å². The first-order valence-corrected chi connectivity index (χ1v) is 7.40. The fraction of sp³-hybridized carbons (Fsp3) is 0.176. The quantitative estimate of drug-likeness (QED) is 0.768. The Morgan fingerprint density at radius 3 is 2.70 bits per heavy atom. The van der Waals surface area contributed by atoms with Crippen LogP contribution in [-0.4, -0.2) is 19.9 Å². The molecule has 6 nitrogen and oxygen atoms in total. The molecule has 6 heteroatoms. The summed E-state index contributed by atoms with van der Waals surface area (Å²) in [5.74, 6) is 1.23. The largest absolute Gasteiger partial charge is 0.368 e. The molecular weight excluding hydrogens is 288 g/mol. The molecule has 0 amide bonds. The van der Waals surface area contributed by atoms with Crippen LogP contribution < -0.4 is 11.1 Å². The highest BCUT2D eigenvalue weighted by Gasteiger charge is 2.07. The topological polar surface area (TPSA) is 89.6 Å². The van der Waals surface area contributed by atoms with Gasteiger partial charge in [-0.25, -0.2) is 4.98 Å². The lowest BCUT2D eigenvalue weighted by Crippen LogP contribution is -2.04. The van der Waals surface area contributed by atoms with Crippen LogP contribution in [0.15, 0.2) is 48.9 Å². The van der Waals surface area contributed by atoms with Crippen LogP contribution in [0.3, 0.4) is 0 Å². The second-order valence-electron chi connectivity index (χ2n) is 5.49. The summed E-state index contributed by atoms with van der Waals surface area (Å²) in [5.41, 5.74) is 9.40. The first kappa shape index (κ1) is 14.9. The van der Waals surface area contributed by atoms with Gasteiger partial charge in [-0.1, -0.05) is 26.0 Å². The molecule has 3 aromatic rings. The predicted molar refractivity (Wildman–Crippen MR) is 91.3 cm³/mol. The second-order valence-corrected chi connectivity index (χ2v) is 5.49. The molecule has 0 fully saturated rings. The molecule has 0 atom stereocenters. The van der Waals surface area contributed by atoms with Crippen LogP contribution in [0.2, 0.25) is 0 Å². The SMILES string of the molecule is CC(C)c1cc(Nc2cccc(-c3cnccn3)c2)nc(N)n1. The summed E-state index contributed by atoms with van der Waals surface area (Å²) < 4.78 is 0. The van der Waals surface area contributed by atoms with Gasteiger partial charge in [0, 0.05) is 29.7 Å². The van der Waals surface area contributed by atoms with Gasteiger partial charge in [-0.05, 0) is 18.1 Å². The average Bonchev–Trinajstić information content (AvgIpc) is 2.55. The van der Waals surface area contributed by atoms with E-state index < -0.39 is 0 Å². The zero-order valence-electron chi connectivity index (χ0n) is 13.1. The maximum absolute atomic E-state index is 5.79. The van der Waals surface area contributed by atoms with Gasteiger partial charge in [-0.2, -0.15) is 4.98 Å². The maximum atomic E-state index is 5.79. The molecule has 0 saturated carbocycles. The fourth-order valence-corrected chi connectivity index (χ4v) is 2.20. The monoisotopic (exact) mass is 306 g/mol. The average molecular weight is 306 g/mol. The molecule has 0 bridgehead atoms. The smallest absolute Gasteiger partial charge is 0.222 e. The summed E-state index contributed by atoms with van der Waals surface area (Å²) in [6.45, 7) is 4.14. The van der Waals surface area contributed by atoms with E-state index >= 15 is 0 Å². The van der Waals surface area contributed by atoms with Gasteiger partial charge in [0.2, 0.25) is 5.95 Å². The third-order valence-electron chi connectivity index (χ3n) is 3.35. The maximum Gasteiger partial charge on any atom is 0.222 e. The van der Waals surface area contributed by atoms with Crippen molar-refractivity contribution < 1.29 is 0 Å². The molecule has 0 unspecified atom stereocenters. The molecule has 0 radical (unpaired) electrons. The standard InChI is InChI=1S/C17H18N6/c1-11(2)14-9-16(23-17(18)22-14)21-13-5-3-4-12(8-13)15-10-19-6-7-20-15/h3-11H,1-2H3,(H3,18,21,22,23). The minimum atomic E-state index is 0.267. The summed E-state index contributed by atoms with van der Waals surface area (Å²) in [6, 6.07) is 9.82. The lowest BCUT2D eigenvalue weighted by molar-refractivity contribution is 0.819. The number of anilines is 3. The van der Waals surface area contributed by atoms with E-state index in [2.05, 4.69) is 39.1 Å². The summed E-state index contributed by atoms with van der Waals surface area (Å²) >= 11 is 0. The third-order valence-corrected chi connectivity index (χ3v) is 3.35. The van der Waals surface area contributed by atoms with Crippen LogP contribution in [-0.2, 0) is 0 Å². The summed E-state index contributed by atoms with van der Waals surface area (Å²) in [4.78, 5) is 16.9. The van der Waals surface area contributed by atoms with E-state index in [0.29, 0.717) is 5.82 Å². The van der Waals surface area contributed by atoms with Crippen molar-refractivity contribution in [2.24, 2.45) is 0 Å². The Balaban J connectivity index is 1.89. The summed E-state index contributed by atoms with van der Waals surface area (Å²) in [5, 5.41) is 3.27. The Morgan fingerprint density at radius 2 is 1.96 bits per heavy atom. The lowest BCUT2D eigenvalue weighted by Gasteiger charge is -2.11. The van der Waals surface area contributed by atoms with Crippen molar-refractivity contribution >= 4 is 17.5 Å². The lowest BCUT2D eigenvalue weighted by atomic mass is 10.1. The van der Waals surface area contributed by atoms with Crippen molar-refractivity contribution in [3.8, 4) is 11.3 Å². The highest BCUT2D eigenvalue weighted by molar-refractivity contribution is 5.67. The number of nitrogens with one attached hydrogen (secondary N) is 1. The Kier molecular flexibility index (Phi) is 4.14. The second kappa shape index (κ2) is 6.39. The number of nitrogens with zero attached hydrogens (tertiary/aromatic N) is 4. The summed E-state index contributed by atoms with van der Waals surface area (Å²) in [7, 11) is 0. The summed E-state index contributed by atoms with van der Waals surface area (Å²) in [6.07, 6.45) is 5.07. The van der Waals surface area contributed by atoms with E-state index in [-0.39, 0.29) is 11.9 Å². The number of nitrogens with two attached hydrogens (primary N) is 1. The molecule has 0 aliphatic carbocycles. The molecule has 3 rings (SSSR count). The molecule has 0 spiro atoms. The normalized spacial score (nSPS) is 10.7. The fourth-order valence-electron chi connectivity index (χ4n) is 2.20. The molecule has 2 heterocycles. The van der Waals surface area contributed by atoms with Crippen molar-refractivity contribution in [2.45, 2.75) is 19.8 Å². The van der Waals surface area contributed by atoms with Gasteiger partial charge >= 0.3 is 0 Å². The number of nitrogen functional groups attached to an aromatic ring is 1. The molecule has 0 aliphatic heterocycles. The highest BCUT2D eigenvalue weighted by atomic mass is 15.1. The highest BCUT2D eigenvalue weighted by Crippen LogP contribution is 2.24. The Labute approximate surface area is 134 Å². The van der Waals surface area contributed by atoms with Crippen LogP contribution in [0.1, 0.15) is 25.5 Å². The number of aromatic nitrogens is 4. The van der Waals surface area contributed by atoms with Gasteiger partial charge in [0.25, 0.3) is 0 Å². The molecular formula is C17H18N6. The Hall–Kier alpha value is -3.02. The molecule has 116 valence electrons. The van der Waals surface area contributed by atoms with Crippen molar-refractivity contribution in [3.05, 3.63) is 54.6 Å². The van der Waals surface area contributed by atoms with E-state index in [1.165, 1.54) is 0 Å². The van der Waals surface area contributed by atoms with Gasteiger partial charge < -0.3 is 11.1 Å². The van der Waals surface area contributed by atoms with Crippen LogP contribution in [0, 0.1) is 0 Å². The minimum absolute atomic E-state index is 0.267. The van der Waals surface area contributed by atoms with Crippen molar-refractivity contribution in [1.29, 1.82) is 0 Å². The van der Waals surface area contributed by atoms with Gasteiger partial charge in [0.15, 0.2) is 0 Å². The minimum Gasteiger partial charge on any atom is -0.368 e. The molecule has 3 N–H and O–H groups in total. The van der Waals surface area contributed by atoms with E-state index in [0.717, 1.165) is 22.6 Å². The van der Waals surface area contributed by atoms with Gasteiger partial charge in [0.05, 0.1) is 17.6 Å². The first-order valence-electron chi connectivity index (χ1n) is 7.40. The van der Waals surface area contributed by atoms with E-state index in [1.807, 2.05) is 30.3 Å². The Bertz CT molecular complexity index is 801. The molecule has 23 heavy (non-hydrogen) atoms. The molecule has 1 aromatic carbocycles. The number of benzene rings is 1. The van der Waals surface area contributed by atoms with Crippen molar-refractivity contribution in [2.75, 3.05) is 11.1 Å². The zero-order valence-corrected chi connectivity index (χ0v) is 13.1. The molecule has 2 aromatic heterocycles. The molecule has 0 aliphatic rings. The van der Waals surface area contributed by atoms with Gasteiger partial charge in [-0.3, -0.25) is 9.97 Å². The Morgan fingerprint density at radius 1 is 1.09 bits per heavy atom. The van der Waals surface area contributed by atoms with E-state index in [1.54, 1.807) is 18.6 Å². The predicted octanol–water partition coefficient (Wildman–Crippen LogP) is 3.38. The first-order chi connectivity index (χ1) is 11.1. The van der Waals surface area contributed by atoms with Crippen LogP contribution in [0.5, 0.6) is 0 Å².